The molecule has 0 aromatic heterocycles. The van der Waals surface area contributed by atoms with Crippen LogP contribution in [0.25, 0.3) is 0 Å². The Kier molecular flexibility index (Phi) is 2.52. The van der Waals surface area contributed by atoms with Crippen molar-refractivity contribution in [3.8, 4) is 0 Å². The van der Waals surface area contributed by atoms with Gasteiger partial charge in [-0.25, -0.2) is 0 Å². The molecule has 0 aliphatic heterocycles. The Labute approximate surface area is 85.6 Å². The Bertz CT molecular complexity index is 241. The molecule has 0 aromatic carbocycles. The van der Waals surface area contributed by atoms with Gasteiger partial charge in [-0.2, -0.15) is 0 Å². The molecule has 0 heterocycles. The number of hydrogen-bond donors (Lipinski definition) is 2. The Balaban J connectivity index is 1.82. The summed E-state index contributed by atoms with van der Waals surface area (Å²) in [5, 5.41) is 6.04. The average molecular weight is 196 g/mol. The summed E-state index contributed by atoms with van der Waals surface area (Å²) < 4.78 is 0. The lowest BCUT2D eigenvalue weighted by molar-refractivity contribution is -0.120. The van der Waals surface area contributed by atoms with E-state index in [4.69, 9.17) is 0 Å². The molecule has 3 nitrogen and oxygen atoms in total. The Morgan fingerprint density at radius 2 is 2.29 bits per heavy atom. The van der Waals surface area contributed by atoms with Crippen LogP contribution in [0.15, 0.2) is 0 Å². The quantitative estimate of drug-likeness (QED) is 0.704. The van der Waals surface area contributed by atoms with Crippen LogP contribution in [0.4, 0.5) is 0 Å². The number of carbonyl (C=O) groups is 1. The molecule has 2 fully saturated rings. The minimum absolute atomic E-state index is 0.0939. The van der Waals surface area contributed by atoms with Crippen LogP contribution >= 0.6 is 0 Å². The van der Waals surface area contributed by atoms with E-state index in [1.54, 1.807) is 7.05 Å². The van der Waals surface area contributed by atoms with Gasteiger partial charge >= 0.3 is 0 Å². The van der Waals surface area contributed by atoms with Crippen LogP contribution in [-0.4, -0.2) is 25.5 Å². The number of rotatable bonds is 3. The van der Waals surface area contributed by atoms with Gasteiger partial charge in [-0.3, -0.25) is 4.79 Å². The molecule has 0 spiro atoms. The zero-order valence-corrected chi connectivity index (χ0v) is 9.10. The molecule has 3 unspecified atom stereocenters. The normalized spacial score (nSPS) is 40.1. The van der Waals surface area contributed by atoms with Gasteiger partial charge in [0, 0.05) is 13.1 Å². The average Bonchev–Trinajstić information content (AvgIpc) is 2.86. The number of amides is 1. The van der Waals surface area contributed by atoms with E-state index in [2.05, 4.69) is 17.6 Å². The smallest absolute Gasteiger partial charge is 0.233 e. The highest BCUT2D eigenvalue weighted by Crippen LogP contribution is 2.60. The molecular formula is C11H20N2O. The maximum Gasteiger partial charge on any atom is 0.233 e. The number of carbonyl (C=O) groups excluding carboxylic acids is 1. The van der Waals surface area contributed by atoms with Crippen LogP contribution in [-0.2, 0) is 4.79 Å². The first-order chi connectivity index (χ1) is 6.66. The molecule has 0 aromatic rings. The van der Waals surface area contributed by atoms with Crippen molar-refractivity contribution in [3.05, 3.63) is 0 Å². The lowest BCUT2D eigenvalue weighted by Crippen LogP contribution is -2.43. The fourth-order valence-corrected chi connectivity index (χ4v) is 2.87. The van der Waals surface area contributed by atoms with E-state index in [-0.39, 0.29) is 5.91 Å². The standard InChI is InChI=1S/C11H20N2O/c1-11-6-8(11)4-3-5-9(11)13-7-10(14)12-2/h8-9,13H,3-7H2,1-2H3,(H,12,14). The van der Waals surface area contributed by atoms with E-state index >= 15 is 0 Å². The van der Waals surface area contributed by atoms with Crippen molar-refractivity contribution in [1.82, 2.24) is 10.6 Å². The summed E-state index contributed by atoms with van der Waals surface area (Å²) in [6, 6.07) is 0.568. The second kappa shape index (κ2) is 3.54. The molecule has 2 aliphatic carbocycles. The molecule has 2 saturated carbocycles. The predicted octanol–water partition coefficient (Wildman–Crippen LogP) is 0.901. The third-order valence-corrected chi connectivity index (χ3v) is 4.09. The fraction of sp³-hybridized carbons (Fsp3) is 0.909. The first-order valence-electron chi connectivity index (χ1n) is 5.61. The Hall–Kier alpha value is -0.570. The van der Waals surface area contributed by atoms with Crippen molar-refractivity contribution >= 4 is 5.91 Å². The van der Waals surface area contributed by atoms with Crippen molar-refractivity contribution in [3.63, 3.8) is 0 Å². The molecule has 14 heavy (non-hydrogen) atoms. The number of fused-ring (bicyclic) bond motifs is 1. The van der Waals surface area contributed by atoms with Crippen molar-refractivity contribution in [1.29, 1.82) is 0 Å². The highest BCUT2D eigenvalue weighted by Gasteiger charge is 2.56. The first-order valence-corrected chi connectivity index (χ1v) is 5.61. The molecule has 3 heteroatoms. The van der Waals surface area contributed by atoms with E-state index in [0.717, 1.165) is 5.92 Å². The van der Waals surface area contributed by atoms with Gasteiger partial charge in [-0.05, 0) is 30.6 Å². The maximum absolute atomic E-state index is 11.1. The van der Waals surface area contributed by atoms with Crippen LogP contribution in [0, 0.1) is 11.3 Å². The third kappa shape index (κ3) is 1.65. The van der Waals surface area contributed by atoms with Gasteiger partial charge in [0.15, 0.2) is 0 Å². The predicted molar refractivity (Wildman–Crippen MR) is 55.9 cm³/mol. The van der Waals surface area contributed by atoms with Gasteiger partial charge in [-0.1, -0.05) is 13.3 Å². The molecule has 2 aliphatic rings. The summed E-state index contributed by atoms with van der Waals surface area (Å²) in [4.78, 5) is 11.1. The van der Waals surface area contributed by atoms with Crippen LogP contribution in [0.5, 0.6) is 0 Å². The van der Waals surface area contributed by atoms with Gasteiger partial charge in [0.25, 0.3) is 0 Å². The molecule has 80 valence electrons. The van der Waals surface area contributed by atoms with Crippen molar-refractivity contribution in [2.75, 3.05) is 13.6 Å². The zero-order valence-electron chi connectivity index (χ0n) is 9.10. The summed E-state index contributed by atoms with van der Waals surface area (Å²) >= 11 is 0. The Morgan fingerprint density at radius 1 is 1.50 bits per heavy atom. The van der Waals surface area contributed by atoms with Gasteiger partial charge in [-0.15, -0.1) is 0 Å². The van der Waals surface area contributed by atoms with E-state index in [1.807, 2.05) is 0 Å². The van der Waals surface area contributed by atoms with Gasteiger partial charge in [0.1, 0.15) is 0 Å². The third-order valence-electron chi connectivity index (χ3n) is 4.09. The molecule has 3 atom stereocenters. The summed E-state index contributed by atoms with van der Waals surface area (Å²) in [5.41, 5.74) is 0.506. The van der Waals surface area contributed by atoms with Crippen molar-refractivity contribution in [2.24, 2.45) is 11.3 Å². The first kappa shape index (κ1) is 9.97. The summed E-state index contributed by atoms with van der Waals surface area (Å²) in [5.74, 6) is 1.02. The fourth-order valence-electron chi connectivity index (χ4n) is 2.87. The zero-order chi connectivity index (χ0) is 10.2. The minimum atomic E-state index is 0.0939. The molecule has 0 radical (unpaired) electrons. The maximum atomic E-state index is 11.1. The van der Waals surface area contributed by atoms with E-state index < -0.39 is 0 Å². The highest BCUT2D eigenvalue weighted by molar-refractivity contribution is 5.77. The number of likely N-dealkylation sites (N-methyl/N-ethyl adjacent to an activating group) is 1. The van der Waals surface area contributed by atoms with Crippen molar-refractivity contribution in [2.45, 2.75) is 38.6 Å². The van der Waals surface area contributed by atoms with E-state index in [9.17, 15) is 4.79 Å². The lowest BCUT2D eigenvalue weighted by Gasteiger charge is -2.29. The molecular weight excluding hydrogens is 176 g/mol. The van der Waals surface area contributed by atoms with Crippen LogP contribution in [0.2, 0.25) is 0 Å². The minimum Gasteiger partial charge on any atom is -0.358 e. The lowest BCUT2D eigenvalue weighted by atomic mass is 9.85. The second-order valence-corrected chi connectivity index (χ2v) is 4.94. The van der Waals surface area contributed by atoms with Gasteiger partial charge in [0.2, 0.25) is 5.91 Å². The van der Waals surface area contributed by atoms with E-state index in [0.29, 0.717) is 18.0 Å². The number of hydrogen-bond acceptors (Lipinski definition) is 2. The van der Waals surface area contributed by atoms with Crippen LogP contribution < -0.4 is 10.6 Å². The number of nitrogens with one attached hydrogen (secondary N) is 2. The largest absolute Gasteiger partial charge is 0.358 e. The Morgan fingerprint density at radius 3 is 3.00 bits per heavy atom. The molecule has 2 N–H and O–H groups in total. The van der Waals surface area contributed by atoms with Crippen LogP contribution in [0.1, 0.15) is 32.6 Å². The monoisotopic (exact) mass is 196 g/mol. The van der Waals surface area contributed by atoms with Crippen LogP contribution in [0.3, 0.4) is 0 Å². The van der Waals surface area contributed by atoms with Gasteiger partial charge < -0.3 is 10.6 Å². The summed E-state index contributed by atoms with van der Waals surface area (Å²) in [7, 11) is 1.69. The van der Waals surface area contributed by atoms with Gasteiger partial charge in [0.05, 0.1) is 6.54 Å². The molecule has 2 rings (SSSR count). The SMILES string of the molecule is CNC(=O)CNC1CCCC2CC21C. The molecule has 0 bridgehead atoms. The highest BCUT2D eigenvalue weighted by atomic mass is 16.1. The topological polar surface area (TPSA) is 41.1 Å². The molecule has 1 amide bonds. The summed E-state index contributed by atoms with van der Waals surface area (Å²) in [6.45, 7) is 2.84. The second-order valence-electron chi connectivity index (χ2n) is 4.94. The van der Waals surface area contributed by atoms with E-state index in [1.165, 1.54) is 25.7 Å². The summed E-state index contributed by atoms with van der Waals surface area (Å²) in [6.07, 6.45) is 5.32. The molecule has 0 saturated heterocycles. The van der Waals surface area contributed by atoms with Crippen molar-refractivity contribution < 1.29 is 4.79 Å².